The Balaban J connectivity index is 1.62. The first-order valence-electron chi connectivity index (χ1n) is 8.00. The molecule has 3 fully saturated rings. The summed E-state index contributed by atoms with van der Waals surface area (Å²) in [6.07, 6.45) is -0.836. The molecule has 1 saturated heterocycles. The number of ether oxygens (including phenoxy) is 1. The van der Waals surface area contributed by atoms with Gasteiger partial charge in [-0.25, -0.2) is 0 Å². The van der Waals surface area contributed by atoms with E-state index in [4.69, 9.17) is 10.5 Å². The third kappa shape index (κ3) is 2.62. The predicted octanol–water partition coefficient (Wildman–Crippen LogP) is 2.12. The number of hydrogen-bond donors (Lipinski definition) is 2. The number of rotatable bonds is 2. The van der Waals surface area contributed by atoms with Gasteiger partial charge in [-0.15, -0.1) is 0 Å². The Labute approximate surface area is 127 Å². The highest BCUT2D eigenvalue weighted by Gasteiger charge is 2.61. The maximum atomic E-state index is 13.5. The first kappa shape index (κ1) is 16.1. The first-order valence-corrected chi connectivity index (χ1v) is 8.00. The molecule has 1 atom stereocenters. The molecule has 3 aliphatic rings. The van der Waals surface area contributed by atoms with Gasteiger partial charge in [0.15, 0.2) is 0 Å². The van der Waals surface area contributed by atoms with Gasteiger partial charge in [-0.2, -0.15) is 13.2 Å². The minimum atomic E-state index is -4.53. The molecule has 4 nitrogen and oxygen atoms in total. The van der Waals surface area contributed by atoms with E-state index in [-0.39, 0.29) is 43.6 Å². The lowest BCUT2D eigenvalue weighted by atomic mass is 9.77. The molecule has 0 aromatic heterocycles. The molecule has 0 aromatic carbocycles. The summed E-state index contributed by atoms with van der Waals surface area (Å²) >= 11 is 0. The summed E-state index contributed by atoms with van der Waals surface area (Å²) in [6, 6.07) is 0.0779. The van der Waals surface area contributed by atoms with Crippen LogP contribution in [-0.2, 0) is 9.53 Å². The second-order valence-corrected chi connectivity index (χ2v) is 7.11. The van der Waals surface area contributed by atoms with Crippen molar-refractivity contribution in [2.45, 2.75) is 63.2 Å². The van der Waals surface area contributed by atoms with Gasteiger partial charge < -0.3 is 15.8 Å². The van der Waals surface area contributed by atoms with Crippen molar-refractivity contribution < 1.29 is 22.7 Å². The largest absolute Gasteiger partial charge is 0.403 e. The number of hydrogen-bond acceptors (Lipinski definition) is 3. The molecule has 22 heavy (non-hydrogen) atoms. The molecule has 1 heterocycles. The number of amides is 1. The van der Waals surface area contributed by atoms with Crippen LogP contribution in [0.3, 0.4) is 0 Å². The summed E-state index contributed by atoms with van der Waals surface area (Å²) in [6.45, 7) is -0.0366. The lowest BCUT2D eigenvalue weighted by Gasteiger charge is -2.39. The van der Waals surface area contributed by atoms with Crippen LogP contribution in [0.25, 0.3) is 0 Å². The normalized spacial score (nSPS) is 37.8. The maximum absolute atomic E-state index is 13.5. The molecule has 126 valence electrons. The predicted molar refractivity (Wildman–Crippen MR) is 74.0 cm³/mol. The van der Waals surface area contributed by atoms with Gasteiger partial charge in [0.1, 0.15) is 5.41 Å². The van der Waals surface area contributed by atoms with E-state index in [0.29, 0.717) is 0 Å². The van der Waals surface area contributed by atoms with E-state index in [2.05, 4.69) is 5.32 Å². The van der Waals surface area contributed by atoms with Crippen LogP contribution < -0.4 is 11.1 Å². The second-order valence-electron chi connectivity index (χ2n) is 7.11. The van der Waals surface area contributed by atoms with Crippen molar-refractivity contribution in [3.63, 3.8) is 0 Å². The van der Waals surface area contributed by atoms with E-state index in [9.17, 15) is 18.0 Å². The van der Waals surface area contributed by atoms with Crippen LogP contribution in [0.5, 0.6) is 0 Å². The molecule has 3 rings (SSSR count). The number of halogens is 3. The molecule has 2 saturated carbocycles. The molecular formula is C15H23F3N2O2. The topological polar surface area (TPSA) is 64.3 Å². The zero-order chi connectivity index (χ0) is 16.0. The summed E-state index contributed by atoms with van der Waals surface area (Å²) in [4.78, 5) is 12.4. The van der Waals surface area contributed by atoms with Gasteiger partial charge in [-0.05, 0) is 50.4 Å². The molecule has 1 aliphatic heterocycles. The SMILES string of the molecule is NC1CC12CCC(NC(=O)C1(C(F)(F)F)CCOCC1)CC2. The molecule has 7 heteroatoms. The van der Waals surface area contributed by atoms with Crippen molar-refractivity contribution in [3.8, 4) is 0 Å². The average molecular weight is 320 g/mol. The van der Waals surface area contributed by atoms with Crippen molar-refractivity contribution in [2.24, 2.45) is 16.6 Å². The fourth-order valence-corrected chi connectivity index (χ4v) is 3.97. The van der Waals surface area contributed by atoms with Crippen molar-refractivity contribution in [1.29, 1.82) is 0 Å². The Bertz CT molecular complexity index is 439. The maximum Gasteiger partial charge on any atom is 0.403 e. The van der Waals surface area contributed by atoms with Gasteiger partial charge in [0.2, 0.25) is 5.91 Å². The van der Waals surface area contributed by atoms with Gasteiger partial charge in [-0.3, -0.25) is 4.79 Å². The fourth-order valence-electron chi connectivity index (χ4n) is 3.97. The molecule has 1 amide bonds. The molecule has 0 aromatic rings. The van der Waals surface area contributed by atoms with E-state index in [1.165, 1.54) is 0 Å². The summed E-state index contributed by atoms with van der Waals surface area (Å²) < 4.78 is 45.4. The van der Waals surface area contributed by atoms with E-state index >= 15 is 0 Å². The number of carbonyl (C=O) groups excluding carboxylic acids is 1. The van der Waals surface area contributed by atoms with Gasteiger partial charge in [0, 0.05) is 25.3 Å². The molecule has 0 radical (unpaired) electrons. The van der Waals surface area contributed by atoms with Crippen LogP contribution in [-0.4, -0.2) is 37.4 Å². The fraction of sp³-hybridized carbons (Fsp3) is 0.933. The second kappa shape index (κ2) is 5.37. The summed E-state index contributed by atoms with van der Waals surface area (Å²) in [7, 11) is 0. The average Bonchev–Trinajstić information content (AvgIpc) is 3.10. The van der Waals surface area contributed by atoms with Gasteiger partial charge in [0.25, 0.3) is 0 Å². The lowest BCUT2D eigenvalue weighted by molar-refractivity contribution is -0.240. The molecule has 2 aliphatic carbocycles. The Morgan fingerprint density at radius 1 is 1.14 bits per heavy atom. The third-order valence-electron chi connectivity index (χ3n) is 5.89. The van der Waals surface area contributed by atoms with Crippen LogP contribution in [0, 0.1) is 10.8 Å². The van der Waals surface area contributed by atoms with Crippen LogP contribution in [0.1, 0.15) is 44.9 Å². The molecule has 1 spiro atoms. The van der Waals surface area contributed by atoms with E-state index in [0.717, 1.165) is 32.1 Å². The summed E-state index contributed by atoms with van der Waals surface area (Å²) in [5.74, 6) is -0.871. The standard InChI is InChI=1S/C15H23F3N2O2/c16-15(17,18)14(5-7-22-8-6-14)12(21)20-10-1-3-13(4-2-10)9-11(13)19/h10-11H,1-9,19H2,(H,20,21). The van der Waals surface area contributed by atoms with E-state index < -0.39 is 17.5 Å². The molecule has 0 bridgehead atoms. The zero-order valence-corrected chi connectivity index (χ0v) is 12.5. The van der Waals surface area contributed by atoms with E-state index in [1.54, 1.807) is 0 Å². The lowest BCUT2D eigenvalue weighted by Crippen LogP contribution is -2.56. The van der Waals surface area contributed by atoms with Crippen molar-refractivity contribution in [3.05, 3.63) is 0 Å². The van der Waals surface area contributed by atoms with Crippen LogP contribution >= 0.6 is 0 Å². The first-order chi connectivity index (χ1) is 10.3. The minimum absolute atomic E-state index is 0.0183. The van der Waals surface area contributed by atoms with Gasteiger partial charge in [-0.1, -0.05) is 0 Å². The highest BCUT2D eigenvalue weighted by Crippen LogP contribution is 2.55. The zero-order valence-electron chi connectivity index (χ0n) is 12.5. The Kier molecular flexibility index (Phi) is 3.92. The van der Waals surface area contributed by atoms with Crippen molar-refractivity contribution in [2.75, 3.05) is 13.2 Å². The quantitative estimate of drug-likeness (QED) is 0.819. The third-order valence-corrected chi connectivity index (χ3v) is 5.89. The molecule has 1 unspecified atom stereocenters. The van der Waals surface area contributed by atoms with Crippen molar-refractivity contribution in [1.82, 2.24) is 5.32 Å². The summed E-state index contributed by atoms with van der Waals surface area (Å²) in [5, 5.41) is 2.66. The summed E-state index contributed by atoms with van der Waals surface area (Å²) in [5.41, 5.74) is 3.85. The Morgan fingerprint density at radius 3 is 2.14 bits per heavy atom. The number of alkyl halides is 3. The van der Waals surface area contributed by atoms with Crippen LogP contribution in [0.4, 0.5) is 13.2 Å². The van der Waals surface area contributed by atoms with Crippen LogP contribution in [0.15, 0.2) is 0 Å². The van der Waals surface area contributed by atoms with Gasteiger partial charge >= 0.3 is 6.18 Å². The number of nitrogens with one attached hydrogen (secondary N) is 1. The Morgan fingerprint density at radius 2 is 1.68 bits per heavy atom. The van der Waals surface area contributed by atoms with Crippen LogP contribution in [0.2, 0.25) is 0 Å². The monoisotopic (exact) mass is 320 g/mol. The molecule has 3 N–H and O–H groups in total. The molecular weight excluding hydrogens is 297 g/mol. The van der Waals surface area contributed by atoms with Crippen molar-refractivity contribution >= 4 is 5.91 Å². The number of carbonyl (C=O) groups is 1. The highest BCUT2D eigenvalue weighted by atomic mass is 19.4. The van der Waals surface area contributed by atoms with E-state index in [1.807, 2.05) is 0 Å². The van der Waals surface area contributed by atoms with Gasteiger partial charge in [0.05, 0.1) is 0 Å². The minimum Gasteiger partial charge on any atom is -0.381 e. The highest BCUT2D eigenvalue weighted by molar-refractivity contribution is 5.84. The smallest absolute Gasteiger partial charge is 0.381 e. The number of nitrogens with two attached hydrogens (primary N) is 1. The Hall–Kier alpha value is -0.820.